The summed E-state index contributed by atoms with van der Waals surface area (Å²) in [6, 6.07) is 6.28. The van der Waals surface area contributed by atoms with Crippen LogP contribution in [-0.4, -0.2) is 47.1 Å². The van der Waals surface area contributed by atoms with Crippen molar-refractivity contribution in [2.75, 3.05) is 13.1 Å². The lowest BCUT2D eigenvalue weighted by Crippen LogP contribution is -2.55. The van der Waals surface area contributed by atoms with Crippen molar-refractivity contribution >= 4 is 22.8 Å². The molecule has 6 nitrogen and oxygen atoms in total. The van der Waals surface area contributed by atoms with Crippen LogP contribution >= 0.6 is 0 Å². The van der Waals surface area contributed by atoms with Gasteiger partial charge >= 0.3 is 5.97 Å². The molecule has 1 heterocycles. The zero-order valence-corrected chi connectivity index (χ0v) is 15.6. The molecule has 0 atom stereocenters. The van der Waals surface area contributed by atoms with Crippen LogP contribution in [0, 0.1) is 5.92 Å². The molecule has 0 radical (unpaired) electrons. The van der Waals surface area contributed by atoms with Crippen molar-refractivity contribution in [2.45, 2.75) is 51.1 Å². The lowest BCUT2D eigenvalue weighted by molar-refractivity contribution is -0.139. The van der Waals surface area contributed by atoms with Crippen LogP contribution in [0.2, 0.25) is 0 Å². The average Bonchev–Trinajstić information content (AvgIpc) is 3.31. The second kappa shape index (κ2) is 7.35. The van der Waals surface area contributed by atoms with Gasteiger partial charge in [-0.3, -0.25) is 14.5 Å². The number of benzene rings is 1. The first-order valence-corrected chi connectivity index (χ1v) is 9.80. The summed E-state index contributed by atoms with van der Waals surface area (Å²) < 4.78 is 5.52. The predicted molar refractivity (Wildman–Crippen MR) is 102 cm³/mol. The number of nitrogens with zero attached hydrogens (tertiary/aromatic N) is 1. The first kappa shape index (κ1) is 18.0. The minimum absolute atomic E-state index is 0.0913. The summed E-state index contributed by atoms with van der Waals surface area (Å²) in [7, 11) is 0. The summed E-state index contributed by atoms with van der Waals surface area (Å²) in [6.45, 7) is 3.04. The van der Waals surface area contributed by atoms with Gasteiger partial charge < -0.3 is 14.8 Å². The fraction of sp³-hybridized carbons (Fsp3) is 0.524. The van der Waals surface area contributed by atoms with Crippen molar-refractivity contribution in [1.29, 1.82) is 0 Å². The van der Waals surface area contributed by atoms with Crippen molar-refractivity contribution in [3.8, 4) is 0 Å². The van der Waals surface area contributed by atoms with E-state index in [9.17, 15) is 9.59 Å². The number of hydrogen-bond donors (Lipinski definition) is 2. The largest absolute Gasteiger partial charge is 0.480 e. The minimum atomic E-state index is -0.778. The summed E-state index contributed by atoms with van der Waals surface area (Å²) in [4.78, 5) is 25.9. The summed E-state index contributed by atoms with van der Waals surface area (Å²) in [5.74, 6) is -0.236. The van der Waals surface area contributed by atoms with Gasteiger partial charge in [0.1, 0.15) is 11.8 Å². The maximum atomic E-state index is 12.7. The topological polar surface area (TPSA) is 82.8 Å². The minimum Gasteiger partial charge on any atom is -0.480 e. The van der Waals surface area contributed by atoms with E-state index in [4.69, 9.17) is 9.52 Å². The first-order chi connectivity index (χ1) is 13.0. The highest BCUT2D eigenvalue weighted by Crippen LogP contribution is 2.34. The number of hydrogen-bond acceptors (Lipinski definition) is 4. The molecule has 1 aromatic heterocycles. The third kappa shape index (κ3) is 4.00. The number of amides is 1. The molecule has 2 saturated carbocycles. The van der Waals surface area contributed by atoms with Crippen LogP contribution in [0.25, 0.3) is 11.0 Å². The lowest BCUT2D eigenvalue weighted by Gasteiger charge is -2.42. The molecule has 27 heavy (non-hydrogen) atoms. The summed E-state index contributed by atoms with van der Waals surface area (Å²) in [5, 5.41) is 13.1. The van der Waals surface area contributed by atoms with E-state index >= 15 is 0 Å². The third-order valence-corrected chi connectivity index (χ3v) is 5.78. The Balaban J connectivity index is 1.36. The molecule has 4 rings (SSSR count). The number of carboxylic acids is 1. The third-order valence-electron chi connectivity index (χ3n) is 5.78. The highest BCUT2D eigenvalue weighted by molar-refractivity contribution is 6.06. The van der Waals surface area contributed by atoms with Crippen LogP contribution in [0.5, 0.6) is 0 Å². The monoisotopic (exact) mass is 370 g/mol. The number of nitrogens with one attached hydrogen (secondary N) is 1. The predicted octanol–water partition coefficient (Wildman–Crippen LogP) is 3.05. The highest BCUT2D eigenvalue weighted by Gasteiger charge is 2.38. The van der Waals surface area contributed by atoms with Crippen LogP contribution in [0.15, 0.2) is 28.9 Å². The van der Waals surface area contributed by atoms with Gasteiger partial charge in [0.05, 0.1) is 12.1 Å². The standard InChI is InChI=1S/C21H26N2O4/c1-2-13-5-6-19-17(7-13)18(12-27-19)21(26)22-15-8-16(9-15)23(11-20(24)25)10-14-3-4-14/h5-7,12,14-16H,2-4,8-11H2,1H3,(H,22,26)(H,24,25). The smallest absolute Gasteiger partial charge is 0.317 e. The van der Waals surface area contributed by atoms with E-state index in [2.05, 4.69) is 17.1 Å². The van der Waals surface area contributed by atoms with Crippen molar-refractivity contribution in [1.82, 2.24) is 10.2 Å². The molecule has 2 aromatic rings. The van der Waals surface area contributed by atoms with Crippen LogP contribution in [0.1, 0.15) is 48.5 Å². The summed E-state index contributed by atoms with van der Waals surface area (Å²) in [5.41, 5.74) is 2.47. The van der Waals surface area contributed by atoms with E-state index in [1.54, 1.807) is 0 Å². The quantitative estimate of drug-likeness (QED) is 0.746. The molecule has 0 saturated heterocycles. The number of aliphatic carboxylic acids is 1. The fourth-order valence-electron chi connectivity index (χ4n) is 3.89. The molecule has 0 spiro atoms. The number of carbonyl (C=O) groups is 2. The number of furan rings is 1. The molecule has 0 aliphatic heterocycles. The van der Waals surface area contributed by atoms with Gasteiger partial charge in [-0.25, -0.2) is 0 Å². The number of fused-ring (bicyclic) bond motifs is 1. The van der Waals surface area contributed by atoms with E-state index in [1.165, 1.54) is 24.7 Å². The molecular formula is C21H26N2O4. The zero-order valence-electron chi connectivity index (χ0n) is 15.6. The van der Waals surface area contributed by atoms with Crippen LogP contribution in [0.4, 0.5) is 0 Å². The Hall–Kier alpha value is -2.34. The first-order valence-electron chi connectivity index (χ1n) is 9.80. The van der Waals surface area contributed by atoms with Gasteiger partial charge in [0.2, 0.25) is 0 Å². The number of rotatable bonds is 8. The fourth-order valence-corrected chi connectivity index (χ4v) is 3.89. The summed E-state index contributed by atoms with van der Waals surface area (Å²) in [6.07, 6.45) is 6.46. The number of carboxylic acid groups (broad SMARTS) is 1. The highest BCUT2D eigenvalue weighted by atomic mass is 16.4. The molecule has 0 bridgehead atoms. The molecule has 2 aliphatic rings. The maximum absolute atomic E-state index is 12.7. The molecule has 1 amide bonds. The second-order valence-electron chi connectivity index (χ2n) is 7.90. The Labute approximate surface area is 158 Å². The zero-order chi connectivity index (χ0) is 19.0. The molecule has 0 unspecified atom stereocenters. The molecule has 2 aliphatic carbocycles. The van der Waals surface area contributed by atoms with Gasteiger partial charge in [-0.05, 0) is 55.7 Å². The maximum Gasteiger partial charge on any atom is 0.317 e. The molecule has 6 heteroatoms. The Bertz CT molecular complexity index is 849. The van der Waals surface area contributed by atoms with E-state index < -0.39 is 5.97 Å². The normalized spacial score (nSPS) is 22.0. The Morgan fingerprint density at radius 1 is 1.30 bits per heavy atom. The van der Waals surface area contributed by atoms with Crippen LogP contribution < -0.4 is 5.32 Å². The van der Waals surface area contributed by atoms with E-state index in [0.717, 1.165) is 36.8 Å². The summed E-state index contributed by atoms with van der Waals surface area (Å²) >= 11 is 0. The van der Waals surface area contributed by atoms with Gasteiger partial charge in [0.15, 0.2) is 0 Å². The van der Waals surface area contributed by atoms with Gasteiger partial charge in [-0.1, -0.05) is 13.0 Å². The number of carbonyl (C=O) groups excluding carboxylic acids is 1. The molecule has 2 N–H and O–H groups in total. The Morgan fingerprint density at radius 2 is 2.07 bits per heavy atom. The molecular weight excluding hydrogens is 344 g/mol. The van der Waals surface area contributed by atoms with Gasteiger partial charge in [-0.15, -0.1) is 0 Å². The SMILES string of the molecule is CCc1ccc2occ(C(=O)NC3CC(N(CC(=O)O)CC4CC4)C3)c2c1. The van der Waals surface area contributed by atoms with E-state index in [-0.39, 0.29) is 24.5 Å². The lowest BCUT2D eigenvalue weighted by atomic mass is 9.85. The van der Waals surface area contributed by atoms with Crippen LogP contribution in [0.3, 0.4) is 0 Å². The van der Waals surface area contributed by atoms with Gasteiger partial charge in [0, 0.05) is 24.0 Å². The van der Waals surface area contributed by atoms with Gasteiger partial charge in [0.25, 0.3) is 5.91 Å². The van der Waals surface area contributed by atoms with Crippen molar-refractivity contribution in [3.63, 3.8) is 0 Å². The second-order valence-corrected chi connectivity index (χ2v) is 7.90. The number of aryl methyl sites for hydroxylation is 1. The van der Waals surface area contributed by atoms with E-state index in [1.807, 2.05) is 18.2 Å². The van der Waals surface area contributed by atoms with Crippen molar-refractivity contribution in [3.05, 3.63) is 35.6 Å². The average molecular weight is 370 g/mol. The van der Waals surface area contributed by atoms with Crippen molar-refractivity contribution < 1.29 is 19.1 Å². The molecule has 144 valence electrons. The van der Waals surface area contributed by atoms with Crippen LogP contribution in [-0.2, 0) is 11.2 Å². The molecule has 1 aromatic carbocycles. The van der Waals surface area contributed by atoms with Gasteiger partial charge in [-0.2, -0.15) is 0 Å². The molecule has 2 fully saturated rings. The Morgan fingerprint density at radius 3 is 2.74 bits per heavy atom. The Kier molecular flexibility index (Phi) is 4.91. The van der Waals surface area contributed by atoms with E-state index in [0.29, 0.717) is 11.5 Å². The van der Waals surface area contributed by atoms with Crippen molar-refractivity contribution in [2.24, 2.45) is 5.92 Å².